The molecule has 1 aromatic heterocycles. The lowest BCUT2D eigenvalue weighted by atomic mass is 10.1. The molecular weight excluding hydrogens is 267 g/mol. The van der Waals surface area contributed by atoms with E-state index in [9.17, 15) is 9.18 Å². The largest absolute Gasteiger partial charge is 0.310 e. The van der Waals surface area contributed by atoms with Gasteiger partial charge in [0.1, 0.15) is 5.82 Å². The molecule has 0 saturated carbocycles. The fourth-order valence-electron chi connectivity index (χ4n) is 2.28. The van der Waals surface area contributed by atoms with E-state index in [1.807, 2.05) is 24.3 Å². The first-order valence-electron chi connectivity index (χ1n) is 6.46. The van der Waals surface area contributed by atoms with Crippen molar-refractivity contribution in [1.29, 1.82) is 5.26 Å². The van der Waals surface area contributed by atoms with Crippen molar-refractivity contribution in [2.75, 3.05) is 0 Å². The van der Waals surface area contributed by atoms with Gasteiger partial charge in [0.05, 0.1) is 18.2 Å². The third-order valence-electron chi connectivity index (χ3n) is 3.41. The summed E-state index contributed by atoms with van der Waals surface area (Å²) in [6.45, 7) is 0.140. The molecule has 0 atom stereocenters. The van der Waals surface area contributed by atoms with Gasteiger partial charge in [-0.1, -0.05) is 24.3 Å². The molecular formula is C17H11FN2O. The van der Waals surface area contributed by atoms with Crippen molar-refractivity contribution in [2.45, 2.75) is 6.54 Å². The third kappa shape index (κ3) is 2.41. The minimum atomic E-state index is -0.478. The lowest BCUT2D eigenvalue weighted by molar-refractivity contribution is 0.596. The van der Waals surface area contributed by atoms with Crippen LogP contribution in [0.2, 0.25) is 0 Å². The number of nitrogens with zero attached hydrogens (tertiary/aromatic N) is 2. The first kappa shape index (κ1) is 13.1. The van der Waals surface area contributed by atoms with E-state index in [4.69, 9.17) is 5.26 Å². The Balaban J connectivity index is 2.05. The average molecular weight is 278 g/mol. The quantitative estimate of drug-likeness (QED) is 0.723. The van der Waals surface area contributed by atoms with Crippen molar-refractivity contribution in [1.82, 2.24) is 4.57 Å². The van der Waals surface area contributed by atoms with E-state index >= 15 is 0 Å². The van der Waals surface area contributed by atoms with Crippen molar-refractivity contribution in [3.05, 3.63) is 82.0 Å². The van der Waals surface area contributed by atoms with Gasteiger partial charge in [0.15, 0.2) is 0 Å². The molecule has 0 amide bonds. The van der Waals surface area contributed by atoms with Gasteiger partial charge in [-0.15, -0.1) is 0 Å². The maximum Gasteiger partial charge on any atom is 0.258 e. The summed E-state index contributed by atoms with van der Waals surface area (Å²) in [6, 6.07) is 15.3. The highest BCUT2D eigenvalue weighted by atomic mass is 19.1. The number of nitriles is 1. The van der Waals surface area contributed by atoms with E-state index in [2.05, 4.69) is 0 Å². The Kier molecular flexibility index (Phi) is 3.25. The predicted octanol–water partition coefficient (Wildman–Crippen LogP) is 3.06. The summed E-state index contributed by atoms with van der Waals surface area (Å²) in [5.74, 6) is -0.478. The van der Waals surface area contributed by atoms with E-state index in [1.165, 1.54) is 16.7 Å². The van der Waals surface area contributed by atoms with Gasteiger partial charge in [0, 0.05) is 17.1 Å². The molecule has 0 saturated heterocycles. The SMILES string of the molecule is N#Cc1ccc(Cn2ccc3ccccc3c2=O)c(F)c1. The van der Waals surface area contributed by atoms with Crippen LogP contribution in [0.15, 0.2) is 59.5 Å². The van der Waals surface area contributed by atoms with E-state index in [-0.39, 0.29) is 17.7 Å². The van der Waals surface area contributed by atoms with Gasteiger partial charge >= 0.3 is 0 Å². The monoisotopic (exact) mass is 278 g/mol. The van der Waals surface area contributed by atoms with Gasteiger partial charge in [0.2, 0.25) is 0 Å². The Labute approximate surface area is 120 Å². The lowest BCUT2D eigenvalue weighted by Crippen LogP contribution is -2.20. The second-order valence-corrected chi connectivity index (χ2v) is 4.75. The number of halogens is 1. The second kappa shape index (κ2) is 5.22. The number of benzene rings is 2. The van der Waals surface area contributed by atoms with Crippen LogP contribution in [-0.2, 0) is 6.54 Å². The summed E-state index contributed by atoms with van der Waals surface area (Å²) in [4.78, 5) is 12.4. The standard InChI is InChI=1S/C17H11FN2O/c18-16-9-12(10-19)5-6-14(16)11-20-8-7-13-3-1-2-4-15(13)17(20)21/h1-9H,11H2. The summed E-state index contributed by atoms with van der Waals surface area (Å²) in [6.07, 6.45) is 1.66. The lowest BCUT2D eigenvalue weighted by Gasteiger charge is -2.08. The normalized spacial score (nSPS) is 10.5. The van der Waals surface area contributed by atoms with Gasteiger partial charge in [-0.25, -0.2) is 4.39 Å². The molecule has 0 N–H and O–H groups in total. The molecule has 0 aliphatic carbocycles. The maximum atomic E-state index is 13.9. The molecule has 3 aromatic rings. The molecule has 21 heavy (non-hydrogen) atoms. The van der Waals surface area contributed by atoms with Crippen LogP contribution in [0.1, 0.15) is 11.1 Å². The first-order valence-corrected chi connectivity index (χ1v) is 6.46. The predicted molar refractivity (Wildman–Crippen MR) is 78.4 cm³/mol. The Hall–Kier alpha value is -2.93. The Bertz CT molecular complexity index is 922. The molecule has 2 aromatic carbocycles. The number of pyridine rings is 1. The van der Waals surface area contributed by atoms with Crippen molar-refractivity contribution < 1.29 is 4.39 Å². The third-order valence-corrected chi connectivity index (χ3v) is 3.41. The molecule has 0 radical (unpaired) electrons. The van der Waals surface area contributed by atoms with E-state index in [0.717, 1.165) is 5.39 Å². The zero-order valence-electron chi connectivity index (χ0n) is 11.1. The minimum absolute atomic E-state index is 0.140. The van der Waals surface area contributed by atoms with Gasteiger partial charge in [0.25, 0.3) is 5.56 Å². The molecule has 3 nitrogen and oxygen atoms in total. The van der Waals surface area contributed by atoms with E-state index < -0.39 is 5.82 Å². The Morgan fingerprint density at radius 3 is 2.71 bits per heavy atom. The second-order valence-electron chi connectivity index (χ2n) is 4.75. The zero-order valence-corrected chi connectivity index (χ0v) is 11.1. The maximum absolute atomic E-state index is 13.9. The number of hydrogen-bond donors (Lipinski definition) is 0. The van der Waals surface area contributed by atoms with Gasteiger partial charge in [-0.3, -0.25) is 4.79 Å². The van der Waals surface area contributed by atoms with Crippen molar-refractivity contribution >= 4 is 10.8 Å². The molecule has 0 aliphatic heterocycles. The average Bonchev–Trinajstić information content (AvgIpc) is 2.52. The van der Waals surface area contributed by atoms with Crippen LogP contribution in [0, 0.1) is 17.1 Å². The number of hydrogen-bond acceptors (Lipinski definition) is 2. The highest BCUT2D eigenvalue weighted by Crippen LogP contribution is 2.13. The van der Waals surface area contributed by atoms with Crippen molar-refractivity contribution in [2.24, 2.45) is 0 Å². The van der Waals surface area contributed by atoms with Crippen molar-refractivity contribution in [3.8, 4) is 6.07 Å². The summed E-state index contributed by atoms with van der Waals surface area (Å²) < 4.78 is 15.4. The molecule has 0 fully saturated rings. The first-order chi connectivity index (χ1) is 10.2. The molecule has 0 spiro atoms. The molecule has 0 unspecified atom stereocenters. The zero-order chi connectivity index (χ0) is 14.8. The molecule has 4 heteroatoms. The fraction of sp³-hybridized carbons (Fsp3) is 0.0588. The summed E-state index contributed by atoms with van der Waals surface area (Å²) >= 11 is 0. The molecule has 3 rings (SSSR count). The summed E-state index contributed by atoms with van der Waals surface area (Å²) in [5.41, 5.74) is 0.491. The summed E-state index contributed by atoms with van der Waals surface area (Å²) in [5, 5.41) is 10.2. The number of aromatic nitrogens is 1. The number of rotatable bonds is 2. The molecule has 0 aliphatic rings. The van der Waals surface area contributed by atoms with E-state index in [0.29, 0.717) is 10.9 Å². The summed E-state index contributed by atoms with van der Waals surface area (Å²) in [7, 11) is 0. The van der Waals surface area contributed by atoms with Crippen LogP contribution in [0.5, 0.6) is 0 Å². The molecule has 1 heterocycles. The Morgan fingerprint density at radius 2 is 1.95 bits per heavy atom. The molecule has 102 valence electrons. The van der Waals surface area contributed by atoms with Crippen LogP contribution in [-0.4, -0.2) is 4.57 Å². The smallest absolute Gasteiger partial charge is 0.258 e. The minimum Gasteiger partial charge on any atom is -0.310 e. The van der Waals surface area contributed by atoms with Crippen LogP contribution < -0.4 is 5.56 Å². The molecule has 0 bridgehead atoms. The van der Waals surface area contributed by atoms with Gasteiger partial charge < -0.3 is 4.57 Å². The van der Waals surface area contributed by atoms with Crippen molar-refractivity contribution in [3.63, 3.8) is 0 Å². The van der Waals surface area contributed by atoms with Crippen LogP contribution in [0.4, 0.5) is 4.39 Å². The Morgan fingerprint density at radius 1 is 1.14 bits per heavy atom. The topological polar surface area (TPSA) is 45.8 Å². The van der Waals surface area contributed by atoms with Crippen LogP contribution >= 0.6 is 0 Å². The highest BCUT2D eigenvalue weighted by Gasteiger charge is 2.07. The van der Waals surface area contributed by atoms with Crippen LogP contribution in [0.25, 0.3) is 10.8 Å². The van der Waals surface area contributed by atoms with Gasteiger partial charge in [-0.2, -0.15) is 5.26 Å². The van der Waals surface area contributed by atoms with E-state index in [1.54, 1.807) is 24.4 Å². The van der Waals surface area contributed by atoms with Gasteiger partial charge in [-0.05, 0) is 29.7 Å². The number of fused-ring (bicyclic) bond motifs is 1. The van der Waals surface area contributed by atoms with Crippen LogP contribution in [0.3, 0.4) is 0 Å². The highest BCUT2D eigenvalue weighted by molar-refractivity contribution is 5.81. The fourth-order valence-corrected chi connectivity index (χ4v) is 2.28.